The van der Waals surface area contributed by atoms with Crippen LogP contribution in [0.15, 0.2) is 29.3 Å². The van der Waals surface area contributed by atoms with Gasteiger partial charge in [-0.15, -0.1) is 24.0 Å². The zero-order valence-corrected chi connectivity index (χ0v) is 14.6. The number of nitrogens with one attached hydrogen (secondary N) is 2. The van der Waals surface area contributed by atoms with Gasteiger partial charge in [-0.3, -0.25) is 4.99 Å². The molecule has 0 aromatic heterocycles. The van der Waals surface area contributed by atoms with E-state index in [-0.39, 0.29) is 29.8 Å². The fourth-order valence-electron chi connectivity index (χ4n) is 1.56. The van der Waals surface area contributed by atoms with Gasteiger partial charge in [0.15, 0.2) is 5.96 Å². The van der Waals surface area contributed by atoms with E-state index in [1.54, 1.807) is 19.2 Å². The van der Waals surface area contributed by atoms with E-state index in [0.29, 0.717) is 18.1 Å². The molecule has 0 radical (unpaired) electrons. The van der Waals surface area contributed by atoms with Gasteiger partial charge < -0.3 is 15.5 Å². The average molecular weight is 394 g/mol. The van der Waals surface area contributed by atoms with E-state index >= 15 is 0 Å². The summed E-state index contributed by atoms with van der Waals surface area (Å²) in [4.78, 5) is 6.31. The third kappa shape index (κ3) is 7.04. The molecule has 1 aromatic carbocycles. The van der Waals surface area contributed by atoms with Crippen molar-refractivity contribution >= 4 is 29.9 Å². The van der Waals surface area contributed by atoms with Gasteiger partial charge in [-0.25, -0.2) is 4.39 Å². The number of hydrogen-bond donors (Lipinski definition) is 2. The van der Waals surface area contributed by atoms with Crippen LogP contribution in [0.5, 0.6) is 0 Å². The van der Waals surface area contributed by atoms with E-state index < -0.39 is 0 Å². The highest BCUT2D eigenvalue weighted by atomic mass is 127. The van der Waals surface area contributed by atoms with Crippen molar-refractivity contribution < 1.29 is 4.39 Å². The molecule has 0 saturated heterocycles. The van der Waals surface area contributed by atoms with Crippen LogP contribution in [-0.2, 0) is 6.54 Å². The molecular weight excluding hydrogens is 370 g/mol. The quantitative estimate of drug-likeness (QED) is 0.441. The Morgan fingerprint density at radius 3 is 2.60 bits per heavy atom. The van der Waals surface area contributed by atoms with Gasteiger partial charge in [0, 0.05) is 32.2 Å². The van der Waals surface area contributed by atoms with Gasteiger partial charge in [-0.1, -0.05) is 25.1 Å². The molecule has 1 rings (SSSR count). The first kappa shape index (κ1) is 19.1. The summed E-state index contributed by atoms with van der Waals surface area (Å²) in [5.74, 6) is 0.490. The highest BCUT2D eigenvalue weighted by molar-refractivity contribution is 14.0. The van der Waals surface area contributed by atoms with Crippen molar-refractivity contribution in [3.63, 3.8) is 0 Å². The molecule has 6 heteroatoms. The van der Waals surface area contributed by atoms with Gasteiger partial charge in [-0.2, -0.15) is 0 Å². The second-order valence-corrected chi connectivity index (χ2v) is 4.34. The molecule has 0 heterocycles. The standard InChI is InChI=1S/C14H23FN4.HI/c1-4-19(3)10-9-17-14(16-2)18-11-12-7-5-6-8-13(12)15;/h5-8H,4,9-11H2,1-3H3,(H2,16,17,18);1H. The predicted molar refractivity (Wildman–Crippen MR) is 93.2 cm³/mol. The van der Waals surface area contributed by atoms with Crippen LogP contribution >= 0.6 is 24.0 Å². The lowest BCUT2D eigenvalue weighted by atomic mass is 10.2. The van der Waals surface area contributed by atoms with Gasteiger partial charge in [0.25, 0.3) is 0 Å². The van der Waals surface area contributed by atoms with E-state index in [1.807, 2.05) is 6.07 Å². The molecule has 0 bridgehead atoms. The van der Waals surface area contributed by atoms with Gasteiger partial charge in [0.2, 0.25) is 0 Å². The van der Waals surface area contributed by atoms with E-state index in [4.69, 9.17) is 0 Å². The number of guanidine groups is 1. The van der Waals surface area contributed by atoms with Crippen molar-refractivity contribution in [1.29, 1.82) is 0 Å². The van der Waals surface area contributed by atoms with Gasteiger partial charge in [0.1, 0.15) is 5.82 Å². The van der Waals surface area contributed by atoms with E-state index in [0.717, 1.165) is 19.6 Å². The Kier molecular flexibility index (Phi) is 10.4. The molecule has 0 aliphatic carbocycles. The summed E-state index contributed by atoms with van der Waals surface area (Å²) in [5, 5.41) is 6.30. The van der Waals surface area contributed by atoms with Crippen LogP contribution in [0.1, 0.15) is 12.5 Å². The fourth-order valence-corrected chi connectivity index (χ4v) is 1.56. The molecule has 0 atom stereocenters. The van der Waals surface area contributed by atoms with E-state index in [2.05, 4.69) is 34.5 Å². The molecule has 20 heavy (non-hydrogen) atoms. The summed E-state index contributed by atoms with van der Waals surface area (Å²) in [6.07, 6.45) is 0. The molecule has 0 unspecified atom stereocenters. The Hall–Kier alpha value is -0.890. The summed E-state index contributed by atoms with van der Waals surface area (Å²) >= 11 is 0. The highest BCUT2D eigenvalue weighted by Gasteiger charge is 2.02. The third-order valence-electron chi connectivity index (χ3n) is 2.95. The first-order valence-corrected chi connectivity index (χ1v) is 6.53. The Morgan fingerprint density at radius 2 is 2.00 bits per heavy atom. The lowest BCUT2D eigenvalue weighted by Crippen LogP contribution is -2.40. The second kappa shape index (κ2) is 10.8. The van der Waals surface area contributed by atoms with Gasteiger partial charge >= 0.3 is 0 Å². The number of nitrogens with zero attached hydrogens (tertiary/aromatic N) is 2. The molecule has 0 aliphatic heterocycles. The average Bonchev–Trinajstić information content (AvgIpc) is 2.43. The topological polar surface area (TPSA) is 39.7 Å². The number of rotatable bonds is 6. The maximum Gasteiger partial charge on any atom is 0.191 e. The lowest BCUT2D eigenvalue weighted by molar-refractivity contribution is 0.357. The Balaban J connectivity index is 0.00000361. The first-order valence-electron chi connectivity index (χ1n) is 6.53. The first-order chi connectivity index (χ1) is 9.17. The van der Waals surface area contributed by atoms with Crippen molar-refractivity contribution in [2.24, 2.45) is 4.99 Å². The van der Waals surface area contributed by atoms with Gasteiger partial charge in [-0.05, 0) is 19.7 Å². The molecular formula is C14H24FIN4. The summed E-state index contributed by atoms with van der Waals surface area (Å²) in [6, 6.07) is 6.74. The fraction of sp³-hybridized carbons (Fsp3) is 0.500. The minimum absolute atomic E-state index is 0. The zero-order valence-electron chi connectivity index (χ0n) is 12.3. The monoisotopic (exact) mass is 394 g/mol. The van der Waals surface area contributed by atoms with Crippen LogP contribution in [0.25, 0.3) is 0 Å². The van der Waals surface area contributed by atoms with Crippen LogP contribution in [-0.4, -0.2) is 44.6 Å². The summed E-state index contributed by atoms with van der Waals surface area (Å²) in [6.45, 7) is 5.31. The van der Waals surface area contributed by atoms with Crippen LogP contribution < -0.4 is 10.6 Å². The minimum Gasteiger partial charge on any atom is -0.355 e. The number of benzene rings is 1. The van der Waals surface area contributed by atoms with Crippen molar-refractivity contribution in [1.82, 2.24) is 15.5 Å². The minimum atomic E-state index is -0.198. The van der Waals surface area contributed by atoms with Crippen molar-refractivity contribution in [2.45, 2.75) is 13.5 Å². The van der Waals surface area contributed by atoms with E-state index in [9.17, 15) is 4.39 Å². The second-order valence-electron chi connectivity index (χ2n) is 4.34. The molecule has 0 aliphatic rings. The SMILES string of the molecule is CCN(C)CCNC(=NC)NCc1ccccc1F.I. The predicted octanol–water partition coefficient (Wildman–Crippen LogP) is 2.06. The molecule has 4 nitrogen and oxygen atoms in total. The molecule has 0 saturated carbocycles. The van der Waals surface area contributed by atoms with Gasteiger partial charge in [0.05, 0.1) is 0 Å². The van der Waals surface area contributed by atoms with Crippen LogP contribution in [0.4, 0.5) is 4.39 Å². The molecule has 0 spiro atoms. The Labute approximate surface area is 137 Å². The Bertz CT molecular complexity index is 412. The number of hydrogen-bond acceptors (Lipinski definition) is 2. The molecule has 0 fully saturated rings. The summed E-state index contributed by atoms with van der Waals surface area (Å²) in [7, 11) is 3.78. The normalized spacial score (nSPS) is 11.2. The van der Waals surface area contributed by atoms with Crippen LogP contribution in [0.2, 0.25) is 0 Å². The summed E-state index contributed by atoms with van der Waals surface area (Å²) in [5.41, 5.74) is 0.635. The zero-order chi connectivity index (χ0) is 14.1. The van der Waals surface area contributed by atoms with Crippen molar-refractivity contribution in [3.8, 4) is 0 Å². The summed E-state index contributed by atoms with van der Waals surface area (Å²) < 4.78 is 13.4. The number of halogens is 2. The van der Waals surface area contributed by atoms with Crippen LogP contribution in [0, 0.1) is 5.82 Å². The molecule has 2 N–H and O–H groups in total. The largest absolute Gasteiger partial charge is 0.355 e. The smallest absolute Gasteiger partial charge is 0.191 e. The van der Waals surface area contributed by atoms with Crippen LogP contribution in [0.3, 0.4) is 0 Å². The van der Waals surface area contributed by atoms with Crippen molar-refractivity contribution in [3.05, 3.63) is 35.6 Å². The lowest BCUT2D eigenvalue weighted by Gasteiger charge is -2.16. The number of aliphatic imine (C=N–C) groups is 1. The molecule has 0 amide bonds. The molecule has 114 valence electrons. The Morgan fingerprint density at radius 1 is 1.30 bits per heavy atom. The van der Waals surface area contributed by atoms with Crippen molar-refractivity contribution in [2.75, 3.05) is 33.7 Å². The molecule has 1 aromatic rings. The maximum atomic E-state index is 13.4. The van der Waals surface area contributed by atoms with E-state index in [1.165, 1.54) is 6.07 Å². The highest BCUT2D eigenvalue weighted by Crippen LogP contribution is 2.05. The third-order valence-corrected chi connectivity index (χ3v) is 2.95. The maximum absolute atomic E-state index is 13.4. The number of likely N-dealkylation sites (N-methyl/N-ethyl adjacent to an activating group) is 1.